The van der Waals surface area contributed by atoms with Crippen LogP contribution in [-0.4, -0.2) is 0 Å². The van der Waals surface area contributed by atoms with Crippen molar-refractivity contribution in [3.63, 3.8) is 0 Å². The van der Waals surface area contributed by atoms with E-state index < -0.39 is 17.6 Å². The van der Waals surface area contributed by atoms with Crippen molar-refractivity contribution in [2.45, 2.75) is 24.3 Å². The Bertz CT molecular complexity index is 603. The summed E-state index contributed by atoms with van der Waals surface area (Å²) in [5.74, 6) is -1.25. The Morgan fingerprint density at radius 3 is 2.45 bits per heavy atom. The first-order valence-electron chi connectivity index (χ1n) is 5.92. The molecule has 6 heteroatoms. The van der Waals surface area contributed by atoms with Crippen LogP contribution in [0.1, 0.15) is 32.6 Å². The summed E-state index contributed by atoms with van der Waals surface area (Å²) in [6.45, 7) is 2.01. The van der Waals surface area contributed by atoms with Crippen LogP contribution in [0.5, 0.6) is 0 Å². The number of benzene rings is 1. The van der Waals surface area contributed by atoms with Gasteiger partial charge in [0.05, 0.1) is 10.4 Å². The number of aryl methyl sites for hydroxylation is 1. The van der Waals surface area contributed by atoms with Gasteiger partial charge in [-0.3, -0.25) is 0 Å². The van der Waals surface area contributed by atoms with Crippen molar-refractivity contribution in [3.8, 4) is 0 Å². The molecule has 0 aliphatic rings. The fourth-order valence-electron chi connectivity index (χ4n) is 1.80. The smallest absolute Gasteiger partial charge is 0.206 e. The Morgan fingerprint density at radius 1 is 1.20 bits per heavy atom. The van der Waals surface area contributed by atoms with Gasteiger partial charge in [0.15, 0.2) is 0 Å². The summed E-state index contributed by atoms with van der Waals surface area (Å²) < 4.78 is 51.4. The molecular weight excluding hydrogens is 356 g/mol. The number of halogens is 5. The summed E-state index contributed by atoms with van der Waals surface area (Å²) in [6.07, 6.45) is -3.81. The maximum atomic E-state index is 13.3. The molecule has 0 radical (unpaired) electrons. The average Bonchev–Trinajstić information content (AvgIpc) is 2.86. The molecule has 20 heavy (non-hydrogen) atoms. The molecule has 0 saturated heterocycles. The van der Waals surface area contributed by atoms with Crippen LogP contribution >= 0.6 is 27.3 Å². The van der Waals surface area contributed by atoms with Crippen molar-refractivity contribution in [1.82, 2.24) is 0 Å². The summed E-state index contributed by atoms with van der Waals surface area (Å²) in [6, 6.07) is 6.91. The number of alkyl halides is 4. The highest BCUT2D eigenvalue weighted by Gasteiger charge is 2.34. The van der Waals surface area contributed by atoms with Crippen LogP contribution in [0.15, 0.2) is 30.3 Å². The standard InChI is InChI=1S/C14H11BrF4S/c1-2-9-4-6-12(20-9)13(15)8-3-5-11(16)10(7-8)14(17,18)19/h3-7,13H,2H2,1H3. The van der Waals surface area contributed by atoms with Crippen LogP contribution in [0, 0.1) is 5.82 Å². The van der Waals surface area contributed by atoms with E-state index in [-0.39, 0.29) is 4.83 Å². The molecule has 1 unspecified atom stereocenters. The van der Waals surface area contributed by atoms with Crippen molar-refractivity contribution in [2.24, 2.45) is 0 Å². The molecule has 0 aliphatic carbocycles. The van der Waals surface area contributed by atoms with Gasteiger partial charge in [-0.25, -0.2) is 4.39 Å². The minimum Gasteiger partial charge on any atom is -0.206 e. The molecule has 1 aromatic carbocycles. The number of hydrogen-bond donors (Lipinski definition) is 0. The summed E-state index contributed by atoms with van der Waals surface area (Å²) in [4.78, 5) is 1.69. The third kappa shape index (κ3) is 3.23. The minimum atomic E-state index is -4.68. The number of rotatable bonds is 3. The third-order valence-electron chi connectivity index (χ3n) is 2.87. The molecule has 0 N–H and O–H groups in total. The predicted octanol–water partition coefficient (Wildman–Crippen LogP) is 5.95. The van der Waals surface area contributed by atoms with E-state index >= 15 is 0 Å². The molecule has 0 bridgehead atoms. The van der Waals surface area contributed by atoms with E-state index in [9.17, 15) is 17.6 Å². The normalized spacial score (nSPS) is 13.5. The molecular formula is C14H11BrF4S. The lowest BCUT2D eigenvalue weighted by atomic mass is 10.1. The van der Waals surface area contributed by atoms with Crippen molar-refractivity contribution in [2.75, 3.05) is 0 Å². The number of hydrogen-bond acceptors (Lipinski definition) is 1. The fourth-order valence-corrected chi connectivity index (χ4v) is 3.48. The van der Waals surface area contributed by atoms with Gasteiger partial charge in [0.1, 0.15) is 5.82 Å². The molecule has 0 amide bonds. The van der Waals surface area contributed by atoms with Gasteiger partial charge in [-0.2, -0.15) is 13.2 Å². The highest BCUT2D eigenvalue weighted by molar-refractivity contribution is 9.09. The Hall–Kier alpha value is -0.880. The molecule has 0 saturated carbocycles. The second kappa shape index (κ2) is 5.85. The zero-order valence-electron chi connectivity index (χ0n) is 10.5. The third-order valence-corrected chi connectivity index (χ3v) is 5.49. The van der Waals surface area contributed by atoms with Crippen molar-refractivity contribution >= 4 is 27.3 Å². The molecule has 2 rings (SSSR count). The maximum Gasteiger partial charge on any atom is 0.419 e. The molecule has 0 aliphatic heterocycles. The van der Waals surface area contributed by atoms with Gasteiger partial charge in [-0.1, -0.05) is 28.9 Å². The first-order valence-corrected chi connectivity index (χ1v) is 7.65. The predicted molar refractivity (Wildman–Crippen MR) is 75.9 cm³/mol. The first kappa shape index (κ1) is 15.5. The van der Waals surface area contributed by atoms with Crippen LogP contribution in [0.25, 0.3) is 0 Å². The number of thiophene rings is 1. The van der Waals surface area contributed by atoms with Crippen molar-refractivity contribution < 1.29 is 17.6 Å². The van der Waals surface area contributed by atoms with Crippen LogP contribution in [0.2, 0.25) is 0 Å². The molecule has 0 spiro atoms. The fraction of sp³-hybridized carbons (Fsp3) is 0.286. The van der Waals surface area contributed by atoms with Gasteiger partial charge in [0, 0.05) is 9.75 Å². The summed E-state index contributed by atoms with van der Waals surface area (Å²) in [5, 5.41) is 0. The summed E-state index contributed by atoms with van der Waals surface area (Å²) >= 11 is 4.91. The quantitative estimate of drug-likeness (QED) is 0.464. The highest BCUT2D eigenvalue weighted by Crippen LogP contribution is 2.39. The van der Waals surface area contributed by atoms with E-state index in [1.54, 1.807) is 0 Å². The van der Waals surface area contributed by atoms with Crippen LogP contribution in [0.3, 0.4) is 0 Å². The van der Waals surface area contributed by atoms with Gasteiger partial charge in [-0.15, -0.1) is 11.3 Å². The van der Waals surface area contributed by atoms with E-state index in [2.05, 4.69) is 15.9 Å². The Morgan fingerprint density at radius 2 is 1.90 bits per heavy atom. The van der Waals surface area contributed by atoms with Gasteiger partial charge < -0.3 is 0 Å². The monoisotopic (exact) mass is 366 g/mol. The van der Waals surface area contributed by atoms with Crippen molar-refractivity contribution in [1.29, 1.82) is 0 Å². The van der Waals surface area contributed by atoms with E-state index in [0.29, 0.717) is 5.56 Å². The van der Waals surface area contributed by atoms with E-state index in [1.165, 1.54) is 17.4 Å². The van der Waals surface area contributed by atoms with E-state index in [0.717, 1.165) is 28.3 Å². The summed E-state index contributed by atoms with van der Waals surface area (Å²) in [7, 11) is 0. The zero-order chi connectivity index (χ0) is 14.9. The first-order chi connectivity index (χ1) is 9.32. The lowest BCUT2D eigenvalue weighted by Crippen LogP contribution is -2.09. The molecule has 108 valence electrons. The van der Waals surface area contributed by atoms with Gasteiger partial charge >= 0.3 is 6.18 Å². The van der Waals surface area contributed by atoms with Crippen LogP contribution in [0.4, 0.5) is 17.6 Å². The second-order valence-corrected chi connectivity index (χ2v) is 6.37. The molecule has 2 aromatic rings. The maximum absolute atomic E-state index is 13.3. The topological polar surface area (TPSA) is 0 Å². The Kier molecular flexibility index (Phi) is 4.54. The van der Waals surface area contributed by atoms with Gasteiger partial charge in [-0.05, 0) is 36.2 Å². The Balaban J connectivity index is 2.37. The molecule has 0 fully saturated rings. The van der Waals surface area contributed by atoms with Crippen molar-refractivity contribution in [3.05, 3.63) is 57.0 Å². The molecule has 1 heterocycles. The van der Waals surface area contributed by atoms with Gasteiger partial charge in [0.2, 0.25) is 0 Å². The Labute approximate surface area is 126 Å². The van der Waals surface area contributed by atoms with Crippen LogP contribution < -0.4 is 0 Å². The molecule has 1 atom stereocenters. The SMILES string of the molecule is CCc1ccc(C(Br)c2ccc(F)c(C(F)(F)F)c2)s1. The molecule has 1 aromatic heterocycles. The van der Waals surface area contributed by atoms with E-state index in [4.69, 9.17) is 0 Å². The highest BCUT2D eigenvalue weighted by atomic mass is 79.9. The lowest BCUT2D eigenvalue weighted by molar-refractivity contribution is -0.140. The average molecular weight is 367 g/mol. The van der Waals surface area contributed by atoms with Crippen LogP contribution in [-0.2, 0) is 12.6 Å². The van der Waals surface area contributed by atoms with E-state index in [1.807, 2.05) is 19.1 Å². The second-order valence-electron chi connectivity index (χ2n) is 4.26. The molecule has 0 nitrogen and oxygen atoms in total. The lowest BCUT2D eigenvalue weighted by Gasteiger charge is -2.13. The van der Waals surface area contributed by atoms with Gasteiger partial charge in [0.25, 0.3) is 0 Å². The largest absolute Gasteiger partial charge is 0.419 e. The summed E-state index contributed by atoms with van der Waals surface area (Å²) in [5.41, 5.74) is -0.838. The zero-order valence-corrected chi connectivity index (χ0v) is 12.9. The minimum absolute atomic E-state index is 0.366.